The molecule has 0 heterocycles. The first kappa shape index (κ1) is 19.1. The zero-order valence-corrected chi connectivity index (χ0v) is 15.7. The van der Waals surface area contributed by atoms with E-state index in [1.165, 1.54) is 0 Å². The molecule has 0 spiro atoms. The highest BCUT2D eigenvalue weighted by molar-refractivity contribution is 5.36. The van der Waals surface area contributed by atoms with E-state index >= 15 is 0 Å². The molecular formula is C20H32O5. The minimum Gasteiger partial charge on any atom is -0.392 e. The minimum atomic E-state index is -1.20. The maximum absolute atomic E-state index is 11.6. The molecule has 0 unspecified atom stereocenters. The summed E-state index contributed by atoms with van der Waals surface area (Å²) >= 11 is 0. The number of hydrogen-bond donors (Lipinski definition) is 5. The normalized spacial score (nSPS) is 50.1. The Bertz CT molecular complexity index is 624. The summed E-state index contributed by atoms with van der Waals surface area (Å²) in [7, 11) is 0. The highest BCUT2D eigenvalue weighted by atomic mass is 16.3. The number of fused-ring (bicyclic) bond motifs is 3. The van der Waals surface area contributed by atoms with Crippen molar-refractivity contribution in [3.05, 3.63) is 23.3 Å². The van der Waals surface area contributed by atoms with E-state index in [1.54, 1.807) is 6.92 Å². The van der Waals surface area contributed by atoms with Gasteiger partial charge in [-0.05, 0) is 43.3 Å². The topological polar surface area (TPSA) is 101 Å². The molecule has 2 saturated carbocycles. The largest absolute Gasteiger partial charge is 0.392 e. The van der Waals surface area contributed by atoms with Gasteiger partial charge in [-0.1, -0.05) is 32.9 Å². The monoisotopic (exact) mass is 352 g/mol. The van der Waals surface area contributed by atoms with Crippen LogP contribution in [-0.4, -0.2) is 55.5 Å². The molecule has 3 aliphatic carbocycles. The molecule has 142 valence electrons. The average Bonchev–Trinajstić information content (AvgIpc) is 2.52. The Morgan fingerprint density at radius 3 is 2.28 bits per heavy atom. The lowest BCUT2D eigenvalue weighted by Crippen LogP contribution is -2.65. The lowest BCUT2D eigenvalue weighted by Gasteiger charge is -2.60. The number of rotatable bonds is 0. The maximum Gasteiger partial charge on any atom is 0.102 e. The lowest BCUT2D eigenvalue weighted by molar-refractivity contribution is -0.191. The molecule has 2 bridgehead atoms. The van der Waals surface area contributed by atoms with Crippen molar-refractivity contribution < 1.29 is 25.5 Å². The molecule has 7 atom stereocenters. The molecule has 0 aliphatic heterocycles. The van der Waals surface area contributed by atoms with Gasteiger partial charge in [0.1, 0.15) is 6.10 Å². The third-order valence-corrected chi connectivity index (χ3v) is 7.77. The van der Waals surface area contributed by atoms with Crippen LogP contribution in [0, 0.1) is 16.7 Å². The van der Waals surface area contributed by atoms with Gasteiger partial charge in [0.05, 0.1) is 23.9 Å². The van der Waals surface area contributed by atoms with E-state index < -0.39 is 46.8 Å². The van der Waals surface area contributed by atoms with Crippen LogP contribution in [0.2, 0.25) is 0 Å². The van der Waals surface area contributed by atoms with E-state index in [-0.39, 0.29) is 6.42 Å². The van der Waals surface area contributed by atoms with E-state index in [2.05, 4.69) is 6.58 Å². The van der Waals surface area contributed by atoms with Crippen molar-refractivity contribution in [3.63, 3.8) is 0 Å². The van der Waals surface area contributed by atoms with Crippen LogP contribution < -0.4 is 0 Å². The highest BCUT2D eigenvalue weighted by Gasteiger charge is 2.62. The molecule has 0 aromatic heterocycles. The first-order chi connectivity index (χ1) is 11.4. The summed E-state index contributed by atoms with van der Waals surface area (Å²) in [6.45, 7) is 11.5. The van der Waals surface area contributed by atoms with Crippen LogP contribution in [-0.2, 0) is 0 Å². The Hall–Kier alpha value is -0.720. The molecule has 5 nitrogen and oxygen atoms in total. The summed E-state index contributed by atoms with van der Waals surface area (Å²) in [6.07, 6.45) is -2.67. The van der Waals surface area contributed by atoms with Gasteiger partial charge in [-0.3, -0.25) is 0 Å². The SMILES string of the molecule is C=C1[C@H]2C[C@]3(O)CCC(C)=C([C@@H](O)[C@H](O)[C@]2(C)[C@@H](O)C[C@@H]1O)C3(C)C. The molecule has 0 saturated heterocycles. The zero-order chi connectivity index (χ0) is 18.9. The van der Waals surface area contributed by atoms with Crippen molar-refractivity contribution in [1.82, 2.24) is 0 Å². The van der Waals surface area contributed by atoms with Crippen molar-refractivity contribution in [1.29, 1.82) is 0 Å². The molecule has 0 aromatic rings. The Balaban J connectivity index is 2.23. The second-order valence-corrected chi connectivity index (χ2v) is 9.21. The second-order valence-electron chi connectivity index (χ2n) is 9.21. The Kier molecular flexibility index (Phi) is 4.30. The van der Waals surface area contributed by atoms with Gasteiger partial charge >= 0.3 is 0 Å². The molecule has 25 heavy (non-hydrogen) atoms. The van der Waals surface area contributed by atoms with Gasteiger partial charge < -0.3 is 25.5 Å². The fourth-order valence-corrected chi connectivity index (χ4v) is 5.68. The van der Waals surface area contributed by atoms with Gasteiger partial charge in [0.2, 0.25) is 0 Å². The zero-order valence-electron chi connectivity index (χ0n) is 15.7. The van der Waals surface area contributed by atoms with Gasteiger partial charge in [-0.2, -0.15) is 0 Å². The third-order valence-electron chi connectivity index (χ3n) is 7.77. The van der Waals surface area contributed by atoms with Crippen molar-refractivity contribution >= 4 is 0 Å². The summed E-state index contributed by atoms with van der Waals surface area (Å²) in [6, 6.07) is 0. The maximum atomic E-state index is 11.6. The lowest BCUT2D eigenvalue weighted by atomic mass is 9.48. The summed E-state index contributed by atoms with van der Waals surface area (Å²) in [5.41, 5.74) is -0.703. The smallest absolute Gasteiger partial charge is 0.102 e. The quantitative estimate of drug-likeness (QED) is 0.423. The number of aliphatic hydroxyl groups excluding tert-OH is 4. The standard InChI is InChI=1S/C20H32O5/c1-10-6-7-20(25)9-12-11(2)13(21)8-14(22)19(12,5)17(24)16(23)15(10)18(20,3)4/h12-14,16-17,21-25H,2,6-9H2,1,3-5H3/t12-,13+,14+,16-,17+,19+,20-/m1/s1. The second kappa shape index (κ2) is 5.64. The molecule has 0 amide bonds. The van der Waals surface area contributed by atoms with Crippen LogP contribution in [0.25, 0.3) is 0 Å². The van der Waals surface area contributed by atoms with Crippen molar-refractivity contribution in [3.8, 4) is 0 Å². The Morgan fingerprint density at radius 2 is 1.68 bits per heavy atom. The fourth-order valence-electron chi connectivity index (χ4n) is 5.68. The van der Waals surface area contributed by atoms with E-state index in [0.717, 1.165) is 5.57 Å². The first-order valence-electron chi connectivity index (χ1n) is 9.21. The molecule has 5 N–H and O–H groups in total. The van der Waals surface area contributed by atoms with Crippen molar-refractivity contribution in [2.45, 2.75) is 83.4 Å². The summed E-state index contributed by atoms with van der Waals surface area (Å²) in [5.74, 6) is -0.486. The van der Waals surface area contributed by atoms with Gasteiger partial charge in [0.15, 0.2) is 0 Å². The number of aliphatic hydroxyl groups is 5. The number of allylic oxidation sites excluding steroid dienone is 1. The van der Waals surface area contributed by atoms with Crippen molar-refractivity contribution in [2.75, 3.05) is 0 Å². The van der Waals surface area contributed by atoms with E-state index in [4.69, 9.17) is 0 Å². The molecular weight excluding hydrogens is 320 g/mol. The van der Waals surface area contributed by atoms with E-state index in [9.17, 15) is 25.5 Å². The van der Waals surface area contributed by atoms with E-state index in [0.29, 0.717) is 30.4 Å². The summed E-state index contributed by atoms with van der Waals surface area (Å²) in [5, 5.41) is 54.8. The van der Waals surface area contributed by atoms with Crippen LogP contribution in [0.4, 0.5) is 0 Å². The number of hydrogen-bond acceptors (Lipinski definition) is 5. The molecule has 2 fully saturated rings. The molecule has 3 rings (SSSR count). The average molecular weight is 352 g/mol. The fraction of sp³-hybridized carbons (Fsp3) is 0.800. The molecule has 3 aliphatic rings. The van der Waals surface area contributed by atoms with Crippen LogP contribution >= 0.6 is 0 Å². The van der Waals surface area contributed by atoms with Crippen LogP contribution in [0.5, 0.6) is 0 Å². The van der Waals surface area contributed by atoms with Gasteiger partial charge in [0.25, 0.3) is 0 Å². The molecule has 0 radical (unpaired) electrons. The molecule has 5 heteroatoms. The van der Waals surface area contributed by atoms with Crippen LogP contribution in [0.1, 0.15) is 53.4 Å². The summed E-state index contributed by atoms with van der Waals surface area (Å²) in [4.78, 5) is 0. The van der Waals surface area contributed by atoms with Crippen LogP contribution in [0.15, 0.2) is 23.3 Å². The van der Waals surface area contributed by atoms with E-state index in [1.807, 2.05) is 20.8 Å². The van der Waals surface area contributed by atoms with Gasteiger partial charge in [0, 0.05) is 17.3 Å². The Labute approximate surface area is 149 Å². The van der Waals surface area contributed by atoms with Crippen LogP contribution in [0.3, 0.4) is 0 Å². The highest BCUT2D eigenvalue weighted by Crippen LogP contribution is 2.60. The predicted molar refractivity (Wildman–Crippen MR) is 94.7 cm³/mol. The minimum absolute atomic E-state index is 0.0788. The predicted octanol–water partition coefficient (Wildman–Crippen LogP) is 1.28. The molecule has 0 aromatic carbocycles. The van der Waals surface area contributed by atoms with Gasteiger partial charge in [-0.15, -0.1) is 0 Å². The summed E-state index contributed by atoms with van der Waals surface area (Å²) < 4.78 is 0. The third kappa shape index (κ3) is 2.33. The van der Waals surface area contributed by atoms with Gasteiger partial charge in [-0.25, -0.2) is 0 Å². The van der Waals surface area contributed by atoms with Crippen molar-refractivity contribution in [2.24, 2.45) is 16.7 Å². The first-order valence-corrected chi connectivity index (χ1v) is 9.21. The Morgan fingerprint density at radius 1 is 1.08 bits per heavy atom.